The number of piperidine rings is 1. The van der Waals surface area contributed by atoms with Gasteiger partial charge in [0.05, 0.1) is 19.0 Å². The number of hydrogen-bond acceptors (Lipinski definition) is 6. The van der Waals surface area contributed by atoms with Gasteiger partial charge in [0.2, 0.25) is 0 Å². The number of likely N-dealkylation sites (tertiary alicyclic amines) is 1. The first kappa shape index (κ1) is 17.1. The quantitative estimate of drug-likeness (QED) is 0.859. The van der Waals surface area contributed by atoms with Gasteiger partial charge in [-0.25, -0.2) is 9.78 Å². The molecular formula is C17H23N3O3S. The van der Waals surface area contributed by atoms with Gasteiger partial charge in [-0.1, -0.05) is 13.3 Å². The number of nitrogens with one attached hydrogen (secondary N) is 1. The van der Waals surface area contributed by atoms with Crippen molar-refractivity contribution < 1.29 is 9.53 Å². The van der Waals surface area contributed by atoms with Gasteiger partial charge in [0.25, 0.3) is 5.56 Å². The number of carbonyl (C=O) groups excluding carboxylic acids is 1. The minimum absolute atomic E-state index is 0.177. The van der Waals surface area contributed by atoms with Crippen LogP contribution in [0.1, 0.15) is 53.7 Å². The molecule has 7 heteroatoms. The zero-order chi connectivity index (χ0) is 17.3. The summed E-state index contributed by atoms with van der Waals surface area (Å²) in [5.74, 6) is 0.254. The van der Waals surface area contributed by atoms with Gasteiger partial charge in [-0.15, -0.1) is 11.3 Å². The molecule has 130 valence electrons. The standard InChI is InChI=1S/C17H23N3O3S/c1-4-11-7-5-6-8-20(11)9-12-18-15(21)13-10(2)14(17(22)23-3)24-16(13)19-12/h11H,4-9H2,1-3H3,(H,18,19,21). The molecule has 0 bridgehead atoms. The van der Waals surface area contributed by atoms with E-state index in [-0.39, 0.29) is 5.56 Å². The van der Waals surface area contributed by atoms with Crippen molar-refractivity contribution in [1.29, 1.82) is 0 Å². The minimum Gasteiger partial charge on any atom is -0.465 e. The summed E-state index contributed by atoms with van der Waals surface area (Å²) in [6.07, 6.45) is 4.77. The first-order valence-electron chi connectivity index (χ1n) is 8.39. The number of methoxy groups -OCH3 is 1. The molecule has 1 aliphatic rings. The fraction of sp³-hybridized carbons (Fsp3) is 0.588. The van der Waals surface area contributed by atoms with Crippen LogP contribution in [0, 0.1) is 6.92 Å². The number of nitrogens with zero attached hydrogens (tertiary/aromatic N) is 2. The lowest BCUT2D eigenvalue weighted by Gasteiger charge is -2.34. The number of aromatic amines is 1. The average Bonchev–Trinajstić information content (AvgIpc) is 2.91. The molecule has 1 unspecified atom stereocenters. The molecule has 3 rings (SSSR count). The topological polar surface area (TPSA) is 75.3 Å². The minimum atomic E-state index is -0.418. The zero-order valence-corrected chi connectivity index (χ0v) is 15.2. The van der Waals surface area contributed by atoms with Crippen LogP contribution in [-0.2, 0) is 11.3 Å². The predicted octanol–water partition coefficient (Wildman–Crippen LogP) is 2.84. The maximum Gasteiger partial charge on any atom is 0.348 e. The molecule has 1 N–H and O–H groups in total. The fourth-order valence-electron chi connectivity index (χ4n) is 3.47. The molecule has 24 heavy (non-hydrogen) atoms. The Morgan fingerprint density at radius 3 is 2.96 bits per heavy atom. The van der Waals surface area contributed by atoms with Crippen molar-refractivity contribution >= 4 is 27.5 Å². The molecule has 0 spiro atoms. The van der Waals surface area contributed by atoms with Crippen LogP contribution in [0.15, 0.2) is 4.79 Å². The molecule has 0 radical (unpaired) electrons. The maximum atomic E-state index is 12.5. The van der Waals surface area contributed by atoms with Crippen LogP contribution < -0.4 is 5.56 Å². The van der Waals surface area contributed by atoms with Gasteiger partial charge >= 0.3 is 5.97 Å². The monoisotopic (exact) mass is 349 g/mol. The van der Waals surface area contributed by atoms with Gasteiger partial charge in [-0.3, -0.25) is 9.69 Å². The molecule has 3 heterocycles. The predicted molar refractivity (Wildman–Crippen MR) is 94.7 cm³/mol. The summed E-state index contributed by atoms with van der Waals surface area (Å²) in [7, 11) is 1.34. The molecule has 0 saturated carbocycles. The van der Waals surface area contributed by atoms with Gasteiger partial charge in [0.15, 0.2) is 0 Å². The van der Waals surface area contributed by atoms with E-state index in [0.29, 0.717) is 39.1 Å². The van der Waals surface area contributed by atoms with E-state index in [4.69, 9.17) is 4.74 Å². The van der Waals surface area contributed by atoms with E-state index in [9.17, 15) is 9.59 Å². The number of thiophene rings is 1. The van der Waals surface area contributed by atoms with Gasteiger partial charge in [0, 0.05) is 6.04 Å². The molecule has 1 atom stereocenters. The Morgan fingerprint density at radius 2 is 2.25 bits per heavy atom. The molecule has 1 saturated heterocycles. The lowest BCUT2D eigenvalue weighted by molar-refractivity contribution is 0.0605. The number of fused-ring (bicyclic) bond motifs is 1. The summed E-state index contributed by atoms with van der Waals surface area (Å²) in [6.45, 7) is 5.65. The number of H-pyrrole nitrogens is 1. The lowest BCUT2D eigenvalue weighted by atomic mass is 10.0. The second-order valence-electron chi connectivity index (χ2n) is 6.27. The molecule has 0 amide bonds. The Morgan fingerprint density at radius 1 is 1.46 bits per heavy atom. The number of aromatic nitrogens is 2. The van der Waals surface area contributed by atoms with Gasteiger partial charge in [-0.05, 0) is 38.3 Å². The lowest BCUT2D eigenvalue weighted by Crippen LogP contribution is -2.39. The zero-order valence-electron chi connectivity index (χ0n) is 14.3. The van der Waals surface area contributed by atoms with Gasteiger partial charge < -0.3 is 9.72 Å². The van der Waals surface area contributed by atoms with Crippen LogP contribution in [0.4, 0.5) is 0 Å². The number of carbonyl (C=O) groups is 1. The number of hydrogen-bond donors (Lipinski definition) is 1. The van der Waals surface area contributed by atoms with Crippen LogP contribution in [0.2, 0.25) is 0 Å². The van der Waals surface area contributed by atoms with E-state index >= 15 is 0 Å². The molecule has 2 aromatic rings. The summed E-state index contributed by atoms with van der Waals surface area (Å²) >= 11 is 1.23. The van der Waals surface area contributed by atoms with E-state index in [2.05, 4.69) is 21.8 Å². The summed E-state index contributed by atoms with van der Waals surface area (Å²) in [6, 6.07) is 0.551. The van der Waals surface area contributed by atoms with Crippen molar-refractivity contribution in [3.63, 3.8) is 0 Å². The van der Waals surface area contributed by atoms with Crippen molar-refractivity contribution in [3.8, 4) is 0 Å². The third-order valence-electron chi connectivity index (χ3n) is 4.79. The Bertz CT molecular complexity index is 811. The van der Waals surface area contributed by atoms with Crippen LogP contribution in [0.5, 0.6) is 0 Å². The molecule has 0 aromatic carbocycles. The molecule has 2 aromatic heterocycles. The van der Waals surface area contributed by atoms with E-state index in [1.165, 1.54) is 37.7 Å². The second kappa shape index (κ2) is 7.03. The third kappa shape index (κ3) is 3.10. The molecular weight excluding hydrogens is 326 g/mol. The number of ether oxygens (including phenoxy) is 1. The van der Waals surface area contributed by atoms with Crippen LogP contribution in [0.25, 0.3) is 10.2 Å². The largest absolute Gasteiger partial charge is 0.465 e. The van der Waals surface area contributed by atoms with Crippen LogP contribution in [0.3, 0.4) is 0 Å². The summed E-state index contributed by atoms with van der Waals surface area (Å²) in [5, 5.41) is 0.495. The Kier molecular flexibility index (Phi) is 5.01. The third-order valence-corrected chi connectivity index (χ3v) is 5.96. The van der Waals surface area contributed by atoms with Crippen molar-refractivity contribution in [1.82, 2.24) is 14.9 Å². The second-order valence-corrected chi connectivity index (χ2v) is 7.27. The van der Waals surface area contributed by atoms with Crippen molar-refractivity contribution in [2.24, 2.45) is 0 Å². The highest BCUT2D eigenvalue weighted by Crippen LogP contribution is 2.28. The van der Waals surface area contributed by atoms with Crippen molar-refractivity contribution in [2.75, 3.05) is 13.7 Å². The number of rotatable bonds is 4. The SMILES string of the molecule is CCC1CCCCN1Cc1nc2sc(C(=O)OC)c(C)c2c(=O)[nH]1. The highest BCUT2D eigenvalue weighted by molar-refractivity contribution is 7.20. The molecule has 6 nitrogen and oxygen atoms in total. The summed E-state index contributed by atoms with van der Waals surface area (Å²) in [4.78, 5) is 35.3. The summed E-state index contributed by atoms with van der Waals surface area (Å²) in [5.41, 5.74) is 0.468. The Labute approximate surface area is 144 Å². The van der Waals surface area contributed by atoms with Crippen LogP contribution >= 0.6 is 11.3 Å². The number of aryl methyl sites for hydroxylation is 1. The van der Waals surface area contributed by atoms with Crippen molar-refractivity contribution in [2.45, 2.75) is 52.1 Å². The van der Waals surface area contributed by atoms with Gasteiger partial charge in [0.1, 0.15) is 15.5 Å². The highest BCUT2D eigenvalue weighted by Gasteiger charge is 2.23. The molecule has 0 aliphatic carbocycles. The van der Waals surface area contributed by atoms with E-state index < -0.39 is 5.97 Å². The smallest absolute Gasteiger partial charge is 0.348 e. The Hall–Kier alpha value is -1.73. The average molecular weight is 349 g/mol. The van der Waals surface area contributed by atoms with Crippen molar-refractivity contribution in [3.05, 3.63) is 26.6 Å². The number of esters is 1. The van der Waals surface area contributed by atoms with E-state index in [0.717, 1.165) is 13.0 Å². The summed E-state index contributed by atoms with van der Waals surface area (Å²) < 4.78 is 4.79. The Balaban J connectivity index is 1.96. The first-order valence-corrected chi connectivity index (χ1v) is 9.21. The van der Waals surface area contributed by atoms with E-state index in [1.54, 1.807) is 6.92 Å². The molecule has 1 aliphatic heterocycles. The maximum absolute atomic E-state index is 12.5. The fourth-order valence-corrected chi connectivity index (χ4v) is 4.59. The molecule has 1 fully saturated rings. The van der Waals surface area contributed by atoms with E-state index in [1.807, 2.05) is 0 Å². The van der Waals surface area contributed by atoms with Gasteiger partial charge in [-0.2, -0.15) is 0 Å². The van der Waals surface area contributed by atoms with Crippen LogP contribution in [-0.4, -0.2) is 40.5 Å². The highest BCUT2D eigenvalue weighted by atomic mass is 32.1. The normalized spacial score (nSPS) is 18.9. The first-order chi connectivity index (χ1) is 11.5.